The molecule has 1 N–H and O–H groups in total. The molecule has 0 bridgehead atoms. The Morgan fingerprint density at radius 2 is 2.06 bits per heavy atom. The lowest BCUT2D eigenvalue weighted by Crippen LogP contribution is -2.31. The third-order valence-corrected chi connectivity index (χ3v) is 5.88. The van der Waals surface area contributed by atoms with Crippen LogP contribution in [0.5, 0.6) is 0 Å². The van der Waals surface area contributed by atoms with E-state index in [1.54, 1.807) is 10.4 Å². The van der Waals surface area contributed by atoms with Crippen LogP contribution >= 0.6 is 11.3 Å². The molecule has 3 heteroatoms. The predicted molar refractivity (Wildman–Crippen MR) is 71.4 cm³/mol. The first kappa shape index (κ1) is 10.5. The van der Waals surface area contributed by atoms with E-state index in [1.165, 1.54) is 45.4 Å². The molecule has 3 heterocycles. The fourth-order valence-corrected chi connectivity index (χ4v) is 4.97. The molecule has 3 atom stereocenters. The highest BCUT2D eigenvalue weighted by atomic mass is 32.1. The smallest absolute Gasteiger partial charge is 0.0359 e. The zero-order valence-electron chi connectivity index (χ0n) is 10.2. The van der Waals surface area contributed by atoms with Crippen LogP contribution in [0, 0.1) is 11.8 Å². The number of hydrogen-bond acceptors (Lipinski definition) is 3. The van der Waals surface area contributed by atoms with E-state index < -0.39 is 0 Å². The minimum Gasteiger partial charge on any atom is -0.316 e. The van der Waals surface area contributed by atoms with Gasteiger partial charge >= 0.3 is 0 Å². The van der Waals surface area contributed by atoms with Gasteiger partial charge in [-0.3, -0.25) is 4.90 Å². The Morgan fingerprint density at radius 1 is 1.24 bits per heavy atom. The average Bonchev–Trinajstić information content (AvgIpc) is 3.02. The summed E-state index contributed by atoms with van der Waals surface area (Å²) < 4.78 is 0. The maximum absolute atomic E-state index is 3.54. The van der Waals surface area contributed by atoms with Crippen LogP contribution in [-0.4, -0.2) is 31.1 Å². The minimum absolute atomic E-state index is 0.746. The third kappa shape index (κ3) is 1.67. The molecule has 2 fully saturated rings. The molecule has 0 aromatic carbocycles. The van der Waals surface area contributed by atoms with Gasteiger partial charge in [0.1, 0.15) is 0 Å². The molecule has 1 aromatic rings. The normalized spacial score (nSPS) is 37.1. The van der Waals surface area contributed by atoms with Gasteiger partial charge in [-0.05, 0) is 61.2 Å². The molecule has 0 radical (unpaired) electrons. The van der Waals surface area contributed by atoms with Gasteiger partial charge in [0.25, 0.3) is 0 Å². The molecule has 0 amide bonds. The summed E-state index contributed by atoms with van der Waals surface area (Å²) in [5, 5.41) is 5.83. The Bertz CT molecular complexity index is 402. The van der Waals surface area contributed by atoms with Crippen LogP contribution in [0.3, 0.4) is 0 Å². The fourth-order valence-electron chi connectivity index (χ4n) is 3.99. The molecule has 4 rings (SSSR count). The molecular formula is C14H20N2S. The largest absolute Gasteiger partial charge is 0.316 e. The van der Waals surface area contributed by atoms with Crippen molar-refractivity contribution < 1.29 is 0 Å². The van der Waals surface area contributed by atoms with Gasteiger partial charge in [-0.1, -0.05) is 0 Å². The molecule has 3 unspecified atom stereocenters. The second kappa shape index (κ2) is 4.08. The number of likely N-dealkylation sites (tertiary alicyclic amines) is 1. The first-order chi connectivity index (χ1) is 8.42. The highest BCUT2D eigenvalue weighted by Gasteiger charge is 2.40. The lowest BCUT2D eigenvalue weighted by molar-refractivity contribution is 0.207. The third-order valence-electron chi connectivity index (χ3n) is 4.88. The van der Waals surface area contributed by atoms with Crippen molar-refractivity contribution in [2.24, 2.45) is 11.8 Å². The monoisotopic (exact) mass is 248 g/mol. The Labute approximate surface area is 107 Å². The Hall–Kier alpha value is -0.380. The van der Waals surface area contributed by atoms with E-state index in [0.717, 1.165) is 17.9 Å². The van der Waals surface area contributed by atoms with Crippen molar-refractivity contribution in [3.8, 4) is 0 Å². The quantitative estimate of drug-likeness (QED) is 0.820. The summed E-state index contributed by atoms with van der Waals surface area (Å²) in [6.45, 7) is 5.17. The summed E-state index contributed by atoms with van der Waals surface area (Å²) in [6.07, 6.45) is 4.10. The highest BCUT2D eigenvalue weighted by Crippen LogP contribution is 2.41. The lowest BCUT2D eigenvalue weighted by atomic mass is 9.93. The van der Waals surface area contributed by atoms with Crippen LogP contribution in [0.4, 0.5) is 0 Å². The predicted octanol–water partition coefficient (Wildman–Crippen LogP) is 2.28. The van der Waals surface area contributed by atoms with Gasteiger partial charge in [0.15, 0.2) is 0 Å². The number of hydrogen-bond donors (Lipinski definition) is 1. The number of rotatable bonds is 1. The van der Waals surface area contributed by atoms with E-state index in [4.69, 9.17) is 0 Å². The van der Waals surface area contributed by atoms with Gasteiger partial charge in [-0.2, -0.15) is 0 Å². The summed E-state index contributed by atoms with van der Waals surface area (Å²) in [7, 11) is 0. The van der Waals surface area contributed by atoms with Crippen LogP contribution in [0.2, 0.25) is 0 Å². The van der Waals surface area contributed by atoms with Crippen molar-refractivity contribution in [2.45, 2.75) is 25.3 Å². The number of fused-ring (bicyclic) bond motifs is 2. The summed E-state index contributed by atoms with van der Waals surface area (Å²) >= 11 is 1.97. The van der Waals surface area contributed by atoms with E-state index in [9.17, 15) is 0 Å². The van der Waals surface area contributed by atoms with Gasteiger partial charge in [-0.25, -0.2) is 0 Å². The van der Waals surface area contributed by atoms with Crippen molar-refractivity contribution >= 4 is 11.3 Å². The lowest BCUT2D eigenvalue weighted by Gasteiger charge is -2.32. The number of nitrogens with one attached hydrogen (secondary N) is 1. The van der Waals surface area contributed by atoms with E-state index in [-0.39, 0.29) is 0 Å². The van der Waals surface area contributed by atoms with Gasteiger partial charge in [0, 0.05) is 24.0 Å². The maximum Gasteiger partial charge on any atom is 0.0359 e. The minimum atomic E-state index is 0.746. The SMILES string of the molecule is c1cc2c(s1)CCCC2N1CC2CNCC2C1. The van der Waals surface area contributed by atoms with Gasteiger partial charge in [-0.15, -0.1) is 11.3 Å². The molecule has 1 aliphatic carbocycles. The molecule has 0 saturated carbocycles. The molecule has 0 spiro atoms. The van der Waals surface area contributed by atoms with E-state index in [1.807, 2.05) is 11.3 Å². The van der Waals surface area contributed by atoms with Crippen LogP contribution in [0.25, 0.3) is 0 Å². The highest BCUT2D eigenvalue weighted by molar-refractivity contribution is 7.10. The second-order valence-corrected chi connectivity index (χ2v) is 6.84. The summed E-state index contributed by atoms with van der Waals surface area (Å²) in [6, 6.07) is 3.13. The Balaban J connectivity index is 1.57. The van der Waals surface area contributed by atoms with Crippen LogP contribution < -0.4 is 5.32 Å². The van der Waals surface area contributed by atoms with Crippen molar-refractivity contribution in [1.82, 2.24) is 10.2 Å². The summed E-state index contributed by atoms with van der Waals surface area (Å²) in [5.41, 5.74) is 1.66. The Morgan fingerprint density at radius 3 is 2.88 bits per heavy atom. The van der Waals surface area contributed by atoms with Crippen molar-refractivity contribution in [3.63, 3.8) is 0 Å². The van der Waals surface area contributed by atoms with Crippen LogP contribution in [-0.2, 0) is 6.42 Å². The second-order valence-electron chi connectivity index (χ2n) is 5.84. The average molecular weight is 248 g/mol. The van der Waals surface area contributed by atoms with E-state index >= 15 is 0 Å². The molecule has 92 valence electrons. The number of aryl methyl sites for hydroxylation is 1. The molecule has 2 nitrogen and oxygen atoms in total. The van der Waals surface area contributed by atoms with Gasteiger partial charge in [0.05, 0.1) is 0 Å². The molecule has 1 aromatic heterocycles. The fraction of sp³-hybridized carbons (Fsp3) is 0.714. The topological polar surface area (TPSA) is 15.3 Å². The first-order valence-corrected chi connectivity index (χ1v) is 7.81. The molecule has 3 aliphatic rings. The Kier molecular flexibility index (Phi) is 2.53. The number of nitrogens with zero attached hydrogens (tertiary/aromatic N) is 1. The van der Waals surface area contributed by atoms with Crippen LogP contribution in [0.1, 0.15) is 29.3 Å². The van der Waals surface area contributed by atoms with Crippen molar-refractivity contribution in [2.75, 3.05) is 26.2 Å². The summed E-state index contributed by atoms with van der Waals surface area (Å²) in [5.74, 6) is 1.86. The zero-order chi connectivity index (χ0) is 11.2. The van der Waals surface area contributed by atoms with Crippen molar-refractivity contribution in [1.29, 1.82) is 0 Å². The van der Waals surface area contributed by atoms with Gasteiger partial charge < -0.3 is 5.32 Å². The standard InChI is InChI=1S/C14H20N2S/c1-2-13(12-4-5-17-14(12)3-1)16-8-10-6-15-7-11(10)9-16/h4-5,10-11,13,15H,1-3,6-9H2. The van der Waals surface area contributed by atoms with Crippen molar-refractivity contribution in [3.05, 3.63) is 21.9 Å². The number of thiophene rings is 1. The first-order valence-electron chi connectivity index (χ1n) is 6.93. The molecular weight excluding hydrogens is 228 g/mol. The molecule has 2 aliphatic heterocycles. The zero-order valence-corrected chi connectivity index (χ0v) is 11.0. The van der Waals surface area contributed by atoms with E-state index in [0.29, 0.717) is 0 Å². The van der Waals surface area contributed by atoms with Crippen LogP contribution in [0.15, 0.2) is 11.4 Å². The van der Waals surface area contributed by atoms with Gasteiger partial charge in [0.2, 0.25) is 0 Å². The summed E-state index contributed by atoms with van der Waals surface area (Å²) in [4.78, 5) is 4.44. The van der Waals surface area contributed by atoms with E-state index in [2.05, 4.69) is 21.7 Å². The molecule has 17 heavy (non-hydrogen) atoms. The molecule has 2 saturated heterocycles. The maximum atomic E-state index is 3.54.